The number of carbonyl (C=O) groups is 1. The molecule has 0 bridgehead atoms. The van der Waals surface area contributed by atoms with E-state index in [1.54, 1.807) is 11.8 Å². The molecule has 6 heteroatoms. The van der Waals surface area contributed by atoms with E-state index in [0.29, 0.717) is 24.7 Å². The Hall–Kier alpha value is -2.37. The molecular weight excluding hydrogens is 318 g/mol. The van der Waals surface area contributed by atoms with Crippen molar-refractivity contribution in [3.8, 4) is 5.75 Å². The van der Waals surface area contributed by atoms with Gasteiger partial charge in [0.1, 0.15) is 5.75 Å². The number of aromatic nitrogens is 2. The highest BCUT2D eigenvalue weighted by atomic mass is 16.5. The van der Waals surface area contributed by atoms with Crippen LogP contribution in [0.2, 0.25) is 0 Å². The molecule has 0 unspecified atom stereocenters. The largest absolute Gasteiger partial charge is 0.493 e. The summed E-state index contributed by atoms with van der Waals surface area (Å²) in [7, 11) is 0. The maximum Gasteiger partial charge on any atom is 0.235 e. The predicted octanol–water partition coefficient (Wildman–Crippen LogP) is 3.07. The molecule has 1 amide bonds. The Bertz CT molecular complexity index is 762. The number of rotatable bonds is 4. The number of amides is 1. The van der Waals surface area contributed by atoms with Crippen LogP contribution in [0.15, 0.2) is 22.6 Å². The van der Waals surface area contributed by atoms with Gasteiger partial charge < -0.3 is 14.1 Å². The molecule has 3 rings (SSSR count). The second-order valence-electron chi connectivity index (χ2n) is 7.44. The summed E-state index contributed by atoms with van der Waals surface area (Å²) in [6.07, 6.45) is 2.37. The van der Waals surface area contributed by atoms with Gasteiger partial charge in [-0.15, -0.1) is 10.2 Å². The summed E-state index contributed by atoms with van der Waals surface area (Å²) in [6, 6.07) is 6.03. The smallest absolute Gasteiger partial charge is 0.235 e. The van der Waals surface area contributed by atoms with Gasteiger partial charge in [-0.05, 0) is 50.8 Å². The molecule has 1 aliphatic rings. The van der Waals surface area contributed by atoms with Crippen LogP contribution in [-0.4, -0.2) is 33.2 Å². The van der Waals surface area contributed by atoms with Gasteiger partial charge in [-0.1, -0.05) is 12.1 Å². The molecular formula is C19H25N3O3. The lowest BCUT2D eigenvalue weighted by atomic mass is 10.00. The van der Waals surface area contributed by atoms with Gasteiger partial charge in [0, 0.05) is 12.5 Å². The molecule has 6 nitrogen and oxygen atoms in total. The Kier molecular flexibility index (Phi) is 4.79. The third kappa shape index (κ3) is 4.18. The molecule has 1 aromatic heterocycles. The Morgan fingerprint density at radius 2 is 2.08 bits per heavy atom. The number of hydrogen-bond acceptors (Lipinski definition) is 5. The fourth-order valence-corrected chi connectivity index (χ4v) is 3.03. The van der Waals surface area contributed by atoms with Crippen molar-refractivity contribution < 1.29 is 13.9 Å². The highest BCUT2D eigenvalue weighted by molar-refractivity contribution is 5.79. The van der Waals surface area contributed by atoms with E-state index in [1.165, 1.54) is 5.56 Å². The van der Waals surface area contributed by atoms with Crippen LogP contribution in [0.25, 0.3) is 0 Å². The van der Waals surface area contributed by atoms with Crippen molar-refractivity contribution in [2.75, 3.05) is 6.61 Å². The van der Waals surface area contributed by atoms with Crippen molar-refractivity contribution in [2.24, 2.45) is 0 Å². The molecule has 25 heavy (non-hydrogen) atoms. The van der Waals surface area contributed by atoms with E-state index in [1.807, 2.05) is 32.9 Å². The number of benzene rings is 1. The standard InChI is InChI=1S/C19H25N3O3/c1-13-20-21-17(25-13)12-22(19(2,3)4)18(23)11-14-7-8-16-15(10-14)6-5-9-24-16/h7-8,10H,5-6,9,11-12H2,1-4H3. The maximum absolute atomic E-state index is 12.9. The van der Waals surface area contributed by atoms with Crippen LogP contribution in [0.4, 0.5) is 0 Å². The third-order valence-electron chi connectivity index (χ3n) is 4.30. The number of hydrogen-bond donors (Lipinski definition) is 0. The average molecular weight is 343 g/mol. The second kappa shape index (κ2) is 6.86. The summed E-state index contributed by atoms with van der Waals surface area (Å²) < 4.78 is 11.1. The first-order chi connectivity index (χ1) is 11.8. The molecule has 0 N–H and O–H groups in total. The lowest BCUT2D eigenvalue weighted by Gasteiger charge is -2.35. The monoisotopic (exact) mass is 343 g/mol. The molecule has 2 aromatic rings. The summed E-state index contributed by atoms with van der Waals surface area (Å²) in [4.78, 5) is 14.7. The van der Waals surface area contributed by atoms with Crippen LogP contribution < -0.4 is 4.74 Å². The second-order valence-corrected chi connectivity index (χ2v) is 7.44. The lowest BCUT2D eigenvalue weighted by molar-refractivity contribution is -0.136. The summed E-state index contributed by atoms with van der Waals surface area (Å²) in [5.74, 6) is 1.95. The molecule has 1 aromatic carbocycles. The van der Waals surface area contributed by atoms with Gasteiger partial charge in [-0.25, -0.2) is 0 Å². The van der Waals surface area contributed by atoms with Gasteiger partial charge in [0.25, 0.3) is 0 Å². The van der Waals surface area contributed by atoms with Crippen molar-refractivity contribution in [2.45, 2.75) is 59.0 Å². The van der Waals surface area contributed by atoms with Gasteiger partial charge in [0.15, 0.2) is 0 Å². The Morgan fingerprint density at radius 1 is 1.28 bits per heavy atom. The van der Waals surface area contributed by atoms with Crippen LogP contribution in [0.1, 0.15) is 50.1 Å². The fourth-order valence-electron chi connectivity index (χ4n) is 3.03. The van der Waals surface area contributed by atoms with Crippen molar-refractivity contribution in [1.29, 1.82) is 0 Å². The molecule has 0 aliphatic carbocycles. The lowest BCUT2D eigenvalue weighted by Crippen LogP contribution is -2.45. The zero-order chi connectivity index (χ0) is 18.0. The van der Waals surface area contributed by atoms with E-state index in [9.17, 15) is 4.79 Å². The highest BCUT2D eigenvalue weighted by Gasteiger charge is 2.28. The molecule has 1 aliphatic heterocycles. The summed E-state index contributed by atoms with van der Waals surface area (Å²) in [5, 5.41) is 7.86. The molecule has 2 heterocycles. The van der Waals surface area contributed by atoms with Gasteiger partial charge in [-0.3, -0.25) is 4.79 Å². The number of fused-ring (bicyclic) bond motifs is 1. The normalized spacial score (nSPS) is 13.9. The first-order valence-corrected chi connectivity index (χ1v) is 8.67. The zero-order valence-electron chi connectivity index (χ0n) is 15.3. The van der Waals surface area contributed by atoms with Crippen LogP contribution in [0.3, 0.4) is 0 Å². The van der Waals surface area contributed by atoms with E-state index in [2.05, 4.69) is 16.3 Å². The molecule has 0 atom stereocenters. The van der Waals surface area contributed by atoms with E-state index in [0.717, 1.165) is 30.8 Å². The number of ether oxygens (including phenoxy) is 1. The number of carbonyl (C=O) groups excluding carboxylic acids is 1. The first kappa shape index (κ1) is 17.5. The first-order valence-electron chi connectivity index (χ1n) is 8.67. The molecule has 134 valence electrons. The molecule has 0 saturated carbocycles. The van der Waals surface area contributed by atoms with Gasteiger partial charge >= 0.3 is 0 Å². The minimum Gasteiger partial charge on any atom is -0.493 e. The van der Waals surface area contributed by atoms with Crippen LogP contribution >= 0.6 is 0 Å². The topological polar surface area (TPSA) is 68.5 Å². The Balaban J connectivity index is 1.76. The van der Waals surface area contributed by atoms with Gasteiger partial charge in [0.2, 0.25) is 17.7 Å². The molecule has 0 radical (unpaired) electrons. The minimum atomic E-state index is -0.337. The maximum atomic E-state index is 12.9. The van der Waals surface area contributed by atoms with Crippen molar-refractivity contribution in [3.05, 3.63) is 41.1 Å². The Labute approximate surface area is 148 Å². The van der Waals surface area contributed by atoms with E-state index in [4.69, 9.17) is 9.15 Å². The van der Waals surface area contributed by atoms with Crippen LogP contribution in [-0.2, 0) is 24.2 Å². The quantitative estimate of drug-likeness (QED) is 0.853. The van der Waals surface area contributed by atoms with Crippen molar-refractivity contribution in [3.63, 3.8) is 0 Å². The molecule has 0 spiro atoms. The highest BCUT2D eigenvalue weighted by Crippen LogP contribution is 2.26. The van der Waals surface area contributed by atoms with Gasteiger partial charge in [-0.2, -0.15) is 0 Å². The average Bonchev–Trinajstić information content (AvgIpc) is 2.96. The van der Waals surface area contributed by atoms with Gasteiger partial charge in [0.05, 0.1) is 19.6 Å². The van der Waals surface area contributed by atoms with E-state index < -0.39 is 0 Å². The zero-order valence-corrected chi connectivity index (χ0v) is 15.3. The Morgan fingerprint density at radius 3 is 2.76 bits per heavy atom. The van der Waals surface area contributed by atoms with Crippen molar-refractivity contribution >= 4 is 5.91 Å². The predicted molar refractivity (Wildman–Crippen MR) is 93.3 cm³/mol. The SMILES string of the molecule is Cc1nnc(CN(C(=O)Cc2ccc3c(c2)CCCO3)C(C)(C)C)o1. The number of aryl methyl sites for hydroxylation is 2. The minimum absolute atomic E-state index is 0.0417. The van der Waals surface area contributed by atoms with Crippen molar-refractivity contribution in [1.82, 2.24) is 15.1 Å². The molecule has 0 fully saturated rings. The molecule has 0 saturated heterocycles. The fraction of sp³-hybridized carbons (Fsp3) is 0.526. The van der Waals surface area contributed by atoms with Crippen LogP contribution in [0.5, 0.6) is 5.75 Å². The van der Waals surface area contributed by atoms with E-state index in [-0.39, 0.29) is 11.4 Å². The summed E-state index contributed by atoms with van der Waals surface area (Å²) in [6.45, 7) is 8.86. The van der Waals surface area contributed by atoms with Crippen LogP contribution in [0, 0.1) is 6.92 Å². The van der Waals surface area contributed by atoms with E-state index >= 15 is 0 Å². The summed E-state index contributed by atoms with van der Waals surface area (Å²) >= 11 is 0. The summed E-state index contributed by atoms with van der Waals surface area (Å²) in [5.41, 5.74) is 1.85. The third-order valence-corrected chi connectivity index (χ3v) is 4.30. The number of nitrogens with zero attached hydrogens (tertiary/aromatic N) is 3.